The van der Waals surface area contributed by atoms with Gasteiger partial charge in [0.2, 0.25) is 0 Å². The zero-order valence-corrected chi connectivity index (χ0v) is 15.0. The molecule has 1 aliphatic rings. The van der Waals surface area contributed by atoms with Crippen LogP contribution < -0.4 is 5.32 Å². The molecule has 1 aliphatic heterocycles. The Morgan fingerprint density at radius 1 is 1.19 bits per heavy atom. The molecule has 2 heterocycles. The number of pyridine rings is 1. The van der Waals surface area contributed by atoms with Crippen molar-refractivity contribution in [3.05, 3.63) is 77.5 Å². The molecule has 1 fully saturated rings. The van der Waals surface area contributed by atoms with E-state index < -0.39 is 0 Å². The summed E-state index contributed by atoms with van der Waals surface area (Å²) in [5, 5.41) is 4.49. The summed E-state index contributed by atoms with van der Waals surface area (Å²) in [6.07, 6.45) is 2.93. The third kappa shape index (κ3) is 3.33. The third-order valence-corrected chi connectivity index (χ3v) is 5.16. The molecule has 0 radical (unpaired) electrons. The molecule has 0 bridgehead atoms. The number of benzene rings is 2. The maximum Gasteiger partial charge on any atom is 0.253 e. The SMILES string of the molecule is CN(Cc1cccc2ncccc12)C(=O)c1cccc([C@H]2CCNC2)c1. The highest BCUT2D eigenvalue weighted by atomic mass is 16.2. The number of hydrogen-bond donors (Lipinski definition) is 1. The molecular weight excluding hydrogens is 322 g/mol. The zero-order valence-electron chi connectivity index (χ0n) is 15.0. The van der Waals surface area contributed by atoms with Crippen LogP contribution in [0.5, 0.6) is 0 Å². The minimum Gasteiger partial charge on any atom is -0.337 e. The maximum atomic E-state index is 12.9. The lowest BCUT2D eigenvalue weighted by Crippen LogP contribution is -2.26. The summed E-state index contributed by atoms with van der Waals surface area (Å²) < 4.78 is 0. The number of carbonyl (C=O) groups excluding carboxylic acids is 1. The van der Waals surface area contributed by atoms with Crippen LogP contribution in [0, 0.1) is 0 Å². The fraction of sp³-hybridized carbons (Fsp3) is 0.273. The molecule has 0 aliphatic carbocycles. The molecule has 1 aromatic heterocycles. The number of fused-ring (bicyclic) bond motifs is 1. The van der Waals surface area contributed by atoms with Crippen LogP contribution in [0.2, 0.25) is 0 Å². The van der Waals surface area contributed by atoms with Crippen LogP contribution in [0.15, 0.2) is 60.8 Å². The number of rotatable bonds is 4. The van der Waals surface area contributed by atoms with Crippen LogP contribution in [0.25, 0.3) is 10.9 Å². The monoisotopic (exact) mass is 345 g/mol. The molecule has 1 N–H and O–H groups in total. The van der Waals surface area contributed by atoms with Crippen LogP contribution in [0.3, 0.4) is 0 Å². The second-order valence-electron chi connectivity index (χ2n) is 6.96. The number of amides is 1. The Morgan fingerprint density at radius 3 is 2.92 bits per heavy atom. The first-order valence-corrected chi connectivity index (χ1v) is 9.11. The highest BCUT2D eigenvalue weighted by Crippen LogP contribution is 2.24. The van der Waals surface area contributed by atoms with Crippen molar-refractivity contribution in [2.75, 3.05) is 20.1 Å². The summed E-state index contributed by atoms with van der Waals surface area (Å²) in [4.78, 5) is 19.1. The molecule has 0 unspecified atom stereocenters. The second kappa shape index (κ2) is 7.26. The summed E-state index contributed by atoms with van der Waals surface area (Å²) in [6, 6.07) is 18.2. The number of carbonyl (C=O) groups is 1. The van der Waals surface area contributed by atoms with Gasteiger partial charge in [0.1, 0.15) is 0 Å². The molecule has 1 atom stereocenters. The van der Waals surface area contributed by atoms with Crippen LogP contribution in [-0.2, 0) is 6.54 Å². The molecule has 2 aromatic carbocycles. The Bertz CT molecular complexity index is 926. The van der Waals surface area contributed by atoms with Gasteiger partial charge in [0.25, 0.3) is 5.91 Å². The average molecular weight is 345 g/mol. The fourth-order valence-electron chi connectivity index (χ4n) is 3.72. The van der Waals surface area contributed by atoms with Gasteiger partial charge in [-0.05, 0) is 54.3 Å². The molecule has 1 saturated heterocycles. The van der Waals surface area contributed by atoms with Gasteiger partial charge in [0, 0.05) is 37.3 Å². The number of hydrogen-bond acceptors (Lipinski definition) is 3. The van der Waals surface area contributed by atoms with Crippen molar-refractivity contribution in [3.63, 3.8) is 0 Å². The molecule has 1 amide bonds. The van der Waals surface area contributed by atoms with E-state index in [1.807, 2.05) is 37.4 Å². The van der Waals surface area contributed by atoms with Gasteiger partial charge in [-0.15, -0.1) is 0 Å². The Hall–Kier alpha value is -2.72. The summed E-state index contributed by atoms with van der Waals surface area (Å²) in [5.41, 5.74) is 4.09. The van der Waals surface area contributed by atoms with E-state index in [0.717, 1.165) is 41.5 Å². The van der Waals surface area contributed by atoms with Crippen LogP contribution in [0.1, 0.15) is 33.8 Å². The lowest BCUT2D eigenvalue weighted by molar-refractivity contribution is 0.0785. The highest BCUT2D eigenvalue weighted by Gasteiger charge is 2.19. The van der Waals surface area contributed by atoms with Crippen molar-refractivity contribution in [2.45, 2.75) is 18.9 Å². The molecule has 3 aromatic rings. The van der Waals surface area contributed by atoms with E-state index in [4.69, 9.17) is 0 Å². The van der Waals surface area contributed by atoms with Crippen molar-refractivity contribution in [3.8, 4) is 0 Å². The van der Waals surface area contributed by atoms with Gasteiger partial charge in [-0.2, -0.15) is 0 Å². The summed E-state index contributed by atoms with van der Waals surface area (Å²) in [7, 11) is 1.86. The van der Waals surface area contributed by atoms with E-state index in [-0.39, 0.29) is 5.91 Å². The van der Waals surface area contributed by atoms with E-state index >= 15 is 0 Å². The molecule has 4 rings (SSSR count). The van der Waals surface area contributed by atoms with E-state index in [9.17, 15) is 4.79 Å². The third-order valence-electron chi connectivity index (χ3n) is 5.16. The first-order chi connectivity index (χ1) is 12.7. The summed E-state index contributed by atoms with van der Waals surface area (Å²) >= 11 is 0. The molecule has 0 saturated carbocycles. The van der Waals surface area contributed by atoms with Crippen LogP contribution in [0.4, 0.5) is 0 Å². The molecule has 0 spiro atoms. The topological polar surface area (TPSA) is 45.2 Å². The number of nitrogens with zero attached hydrogens (tertiary/aromatic N) is 2. The van der Waals surface area contributed by atoms with Gasteiger partial charge in [0.15, 0.2) is 0 Å². The van der Waals surface area contributed by atoms with E-state index in [1.54, 1.807) is 11.1 Å². The second-order valence-corrected chi connectivity index (χ2v) is 6.96. The minimum atomic E-state index is 0.0544. The van der Waals surface area contributed by atoms with Crippen molar-refractivity contribution in [2.24, 2.45) is 0 Å². The fourth-order valence-corrected chi connectivity index (χ4v) is 3.72. The van der Waals surface area contributed by atoms with Gasteiger partial charge in [-0.3, -0.25) is 9.78 Å². The first-order valence-electron chi connectivity index (χ1n) is 9.11. The first kappa shape index (κ1) is 16.7. The molecule has 132 valence electrons. The quantitative estimate of drug-likeness (QED) is 0.786. The van der Waals surface area contributed by atoms with E-state index in [2.05, 4.69) is 34.6 Å². The minimum absolute atomic E-state index is 0.0544. The van der Waals surface area contributed by atoms with Crippen molar-refractivity contribution in [1.82, 2.24) is 15.2 Å². The van der Waals surface area contributed by atoms with Gasteiger partial charge < -0.3 is 10.2 Å². The predicted molar refractivity (Wildman–Crippen MR) is 104 cm³/mol. The molecule has 26 heavy (non-hydrogen) atoms. The Balaban J connectivity index is 1.55. The maximum absolute atomic E-state index is 12.9. The van der Waals surface area contributed by atoms with Gasteiger partial charge in [-0.1, -0.05) is 30.3 Å². The van der Waals surface area contributed by atoms with Gasteiger partial charge >= 0.3 is 0 Å². The van der Waals surface area contributed by atoms with Crippen molar-refractivity contribution in [1.29, 1.82) is 0 Å². The Labute approximate surface area is 153 Å². The lowest BCUT2D eigenvalue weighted by Gasteiger charge is -2.19. The lowest BCUT2D eigenvalue weighted by atomic mass is 9.96. The standard InChI is InChI=1S/C22H23N3O/c1-25(15-19-7-3-9-21-20(19)8-4-11-24-21)22(26)17-6-2-5-16(13-17)18-10-12-23-14-18/h2-9,11,13,18,23H,10,12,14-15H2,1H3/t18-/m0/s1. The Kier molecular flexibility index (Phi) is 4.67. The van der Waals surface area contributed by atoms with Crippen LogP contribution in [-0.4, -0.2) is 35.9 Å². The largest absolute Gasteiger partial charge is 0.337 e. The van der Waals surface area contributed by atoms with Crippen molar-refractivity contribution >= 4 is 16.8 Å². The molecular formula is C22H23N3O. The Morgan fingerprint density at radius 2 is 2.08 bits per heavy atom. The molecule has 4 heteroatoms. The predicted octanol–water partition coefficient (Wildman–Crippen LogP) is 3.58. The average Bonchev–Trinajstić information content (AvgIpc) is 3.23. The van der Waals surface area contributed by atoms with E-state index in [0.29, 0.717) is 12.5 Å². The number of aromatic nitrogens is 1. The van der Waals surface area contributed by atoms with Crippen molar-refractivity contribution < 1.29 is 4.79 Å². The normalized spacial score (nSPS) is 16.7. The summed E-state index contributed by atoms with van der Waals surface area (Å²) in [6.45, 7) is 2.62. The van der Waals surface area contributed by atoms with Crippen LogP contribution >= 0.6 is 0 Å². The van der Waals surface area contributed by atoms with E-state index in [1.165, 1.54) is 5.56 Å². The molecule has 4 nitrogen and oxygen atoms in total. The van der Waals surface area contributed by atoms with Gasteiger partial charge in [0.05, 0.1) is 5.52 Å². The number of nitrogens with one attached hydrogen (secondary N) is 1. The highest BCUT2D eigenvalue weighted by molar-refractivity contribution is 5.94. The van der Waals surface area contributed by atoms with Gasteiger partial charge in [-0.25, -0.2) is 0 Å². The smallest absolute Gasteiger partial charge is 0.253 e. The zero-order chi connectivity index (χ0) is 17.9. The summed E-state index contributed by atoms with van der Waals surface area (Å²) in [5.74, 6) is 0.566.